The van der Waals surface area contributed by atoms with Crippen molar-refractivity contribution >= 4 is 0 Å². The number of hydrogen-bond acceptors (Lipinski definition) is 0. The highest BCUT2D eigenvalue weighted by Gasteiger charge is 2.51. The van der Waals surface area contributed by atoms with E-state index in [2.05, 4.69) is 48.1 Å². The van der Waals surface area contributed by atoms with E-state index in [1.807, 2.05) is 0 Å². The monoisotopic (exact) mass is 304 g/mol. The van der Waals surface area contributed by atoms with Crippen LogP contribution in [0.15, 0.2) is 12.2 Å². The number of fused-ring (bicyclic) bond motifs is 1. The molecule has 0 heteroatoms. The molecule has 0 amide bonds. The molecule has 0 bridgehead atoms. The number of rotatable bonds is 6. The molecule has 0 aromatic heterocycles. The molecule has 22 heavy (non-hydrogen) atoms. The van der Waals surface area contributed by atoms with Crippen molar-refractivity contribution in [1.29, 1.82) is 0 Å². The fourth-order valence-electron chi connectivity index (χ4n) is 6.05. The minimum Gasteiger partial charge on any atom is -0.0990 e. The highest BCUT2D eigenvalue weighted by molar-refractivity contribution is 5.23. The maximum atomic E-state index is 4.67. The Morgan fingerprint density at radius 2 is 1.68 bits per heavy atom. The second kappa shape index (κ2) is 7.10. The van der Waals surface area contributed by atoms with Crippen molar-refractivity contribution in [2.75, 3.05) is 0 Å². The molecule has 6 unspecified atom stereocenters. The number of allylic oxidation sites excluding steroid dienone is 1. The molecule has 6 atom stereocenters. The second-order valence-corrected chi connectivity index (χ2v) is 9.15. The van der Waals surface area contributed by atoms with Gasteiger partial charge < -0.3 is 0 Å². The Morgan fingerprint density at radius 3 is 2.23 bits per heavy atom. The summed E-state index contributed by atoms with van der Waals surface area (Å²) in [6, 6.07) is 0. The van der Waals surface area contributed by atoms with Gasteiger partial charge in [0.1, 0.15) is 0 Å². The van der Waals surface area contributed by atoms with E-state index in [1.54, 1.807) is 5.57 Å². The normalized spacial score (nSPS) is 42.0. The predicted molar refractivity (Wildman–Crippen MR) is 98.9 cm³/mol. The van der Waals surface area contributed by atoms with Gasteiger partial charge in [-0.3, -0.25) is 0 Å². The van der Waals surface area contributed by atoms with Crippen LogP contribution in [0.25, 0.3) is 0 Å². The minimum absolute atomic E-state index is 0.419. The molecule has 0 N–H and O–H groups in total. The first-order valence-corrected chi connectivity index (χ1v) is 10.0. The highest BCUT2D eigenvalue weighted by Crippen LogP contribution is 2.60. The van der Waals surface area contributed by atoms with E-state index < -0.39 is 0 Å². The van der Waals surface area contributed by atoms with Crippen LogP contribution in [0.3, 0.4) is 0 Å². The molecule has 0 heterocycles. The van der Waals surface area contributed by atoms with Crippen LogP contribution in [-0.4, -0.2) is 0 Å². The zero-order valence-electron chi connectivity index (χ0n) is 16.1. The topological polar surface area (TPSA) is 0 Å². The van der Waals surface area contributed by atoms with E-state index >= 15 is 0 Å². The first-order valence-electron chi connectivity index (χ1n) is 10.0. The van der Waals surface area contributed by atoms with Crippen LogP contribution in [0.1, 0.15) is 86.5 Å². The van der Waals surface area contributed by atoms with Gasteiger partial charge in [-0.2, -0.15) is 0 Å². The number of hydrogen-bond donors (Lipinski definition) is 0. The van der Waals surface area contributed by atoms with Crippen molar-refractivity contribution in [3.63, 3.8) is 0 Å². The van der Waals surface area contributed by atoms with Gasteiger partial charge in [-0.1, -0.05) is 79.4 Å². The third-order valence-corrected chi connectivity index (χ3v) is 7.50. The Balaban J connectivity index is 2.14. The Morgan fingerprint density at radius 1 is 1.09 bits per heavy atom. The van der Waals surface area contributed by atoms with Gasteiger partial charge in [0.05, 0.1) is 0 Å². The van der Waals surface area contributed by atoms with Crippen molar-refractivity contribution in [3.05, 3.63) is 12.2 Å². The average Bonchev–Trinajstić information content (AvgIpc) is 2.68. The van der Waals surface area contributed by atoms with Crippen molar-refractivity contribution in [2.45, 2.75) is 86.5 Å². The van der Waals surface area contributed by atoms with Gasteiger partial charge in [0.25, 0.3) is 0 Å². The summed E-state index contributed by atoms with van der Waals surface area (Å²) in [6.07, 6.45) is 9.76. The van der Waals surface area contributed by atoms with Gasteiger partial charge in [-0.25, -0.2) is 0 Å². The molecular formula is C22H40. The summed E-state index contributed by atoms with van der Waals surface area (Å²) in [5.41, 5.74) is 2.04. The van der Waals surface area contributed by atoms with E-state index in [4.69, 9.17) is 0 Å². The van der Waals surface area contributed by atoms with Crippen molar-refractivity contribution in [1.82, 2.24) is 0 Å². The van der Waals surface area contributed by atoms with Gasteiger partial charge in [0.15, 0.2) is 0 Å². The van der Waals surface area contributed by atoms with Crippen LogP contribution in [-0.2, 0) is 0 Å². The third kappa shape index (κ3) is 3.31. The van der Waals surface area contributed by atoms with E-state index in [0.29, 0.717) is 5.41 Å². The summed E-state index contributed by atoms with van der Waals surface area (Å²) >= 11 is 0. The van der Waals surface area contributed by atoms with E-state index in [1.165, 1.54) is 44.9 Å². The van der Waals surface area contributed by atoms with Crippen molar-refractivity contribution in [3.8, 4) is 0 Å². The predicted octanol–water partition coefficient (Wildman–Crippen LogP) is 7.10. The standard InChI is InChI=1S/C22H40/c1-8-10-19(11-9-2)13-22(7)14-20-12-15(3)16(4)17(5)21(20)18(22)6/h15-17,19-21H,6,8-14H2,1-5,7H3. The molecule has 0 spiro atoms. The van der Waals surface area contributed by atoms with Crippen molar-refractivity contribution < 1.29 is 0 Å². The van der Waals surface area contributed by atoms with Gasteiger partial charge in [-0.15, -0.1) is 0 Å². The van der Waals surface area contributed by atoms with Crippen LogP contribution < -0.4 is 0 Å². The molecule has 128 valence electrons. The summed E-state index contributed by atoms with van der Waals surface area (Å²) in [4.78, 5) is 0. The average molecular weight is 305 g/mol. The molecule has 0 aromatic carbocycles. The van der Waals surface area contributed by atoms with Gasteiger partial charge in [-0.05, 0) is 60.2 Å². The van der Waals surface area contributed by atoms with E-state index in [-0.39, 0.29) is 0 Å². The van der Waals surface area contributed by atoms with Crippen LogP contribution >= 0.6 is 0 Å². The molecule has 0 nitrogen and oxygen atoms in total. The molecule has 2 aliphatic carbocycles. The molecule has 2 fully saturated rings. The second-order valence-electron chi connectivity index (χ2n) is 9.15. The lowest BCUT2D eigenvalue weighted by Crippen LogP contribution is -2.34. The molecular weight excluding hydrogens is 264 g/mol. The fourth-order valence-corrected chi connectivity index (χ4v) is 6.05. The maximum absolute atomic E-state index is 4.67. The lowest BCUT2D eigenvalue weighted by Gasteiger charge is -2.41. The Labute approximate surface area is 140 Å². The fraction of sp³-hybridized carbons (Fsp3) is 0.909. The maximum Gasteiger partial charge on any atom is -0.0111 e. The first kappa shape index (κ1) is 18.1. The summed E-state index contributed by atoms with van der Waals surface area (Å²) < 4.78 is 0. The zero-order valence-corrected chi connectivity index (χ0v) is 16.1. The molecule has 0 radical (unpaired) electrons. The van der Waals surface area contributed by atoms with Crippen molar-refractivity contribution in [2.24, 2.45) is 40.9 Å². The van der Waals surface area contributed by atoms with E-state index in [0.717, 1.165) is 35.5 Å². The van der Waals surface area contributed by atoms with Gasteiger partial charge in [0.2, 0.25) is 0 Å². The van der Waals surface area contributed by atoms with Crippen LogP contribution in [0.4, 0.5) is 0 Å². The quantitative estimate of drug-likeness (QED) is 0.459. The van der Waals surface area contributed by atoms with Gasteiger partial charge >= 0.3 is 0 Å². The lowest BCUT2D eigenvalue weighted by molar-refractivity contribution is 0.100. The molecule has 2 rings (SSSR count). The molecule has 2 aliphatic rings. The Kier molecular flexibility index (Phi) is 5.84. The molecule has 0 aromatic rings. The summed E-state index contributed by atoms with van der Waals surface area (Å²) in [6.45, 7) is 19.4. The van der Waals surface area contributed by atoms with E-state index in [9.17, 15) is 0 Å². The van der Waals surface area contributed by atoms with Gasteiger partial charge in [0, 0.05) is 0 Å². The third-order valence-electron chi connectivity index (χ3n) is 7.50. The molecule has 0 aliphatic heterocycles. The SMILES string of the molecule is C=C1C2C(CC(C)C(C)C2C)CC1(C)CC(CCC)CCC. The summed E-state index contributed by atoms with van der Waals surface area (Å²) in [5, 5.41) is 0. The Hall–Kier alpha value is -0.260. The van der Waals surface area contributed by atoms with Crippen LogP contribution in [0.5, 0.6) is 0 Å². The zero-order chi connectivity index (χ0) is 16.5. The largest absolute Gasteiger partial charge is 0.0990 e. The summed E-state index contributed by atoms with van der Waals surface area (Å²) in [7, 11) is 0. The lowest BCUT2D eigenvalue weighted by atomic mass is 9.64. The highest BCUT2D eigenvalue weighted by atomic mass is 14.6. The van der Waals surface area contributed by atoms with Crippen LogP contribution in [0.2, 0.25) is 0 Å². The smallest absolute Gasteiger partial charge is 0.0111 e. The molecule has 0 saturated heterocycles. The summed E-state index contributed by atoms with van der Waals surface area (Å²) in [5.74, 6) is 5.24. The molecule has 2 saturated carbocycles. The van der Waals surface area contributed by atoms with Crippen LogP contribution in [0, 0.1) is 40.9 Å². The minimum atomic E-state index is 0.419. The first-order chi connectivity index (χ1) is 10.3. The Bertz CT molecular complexity index is 375.